The van der Waals surface area contributed by atoms with Gasteiger partial charge in [0.1, 0.15) is 6.54 Å². The van der Waals surface area contributed by atoms with Crippen molar-refractivity contribution in [3.05, 3.63) is 35.5 Å². The minimum absolute atomic E-state index is 0.0294. The zero-order chi connectivity index (χ0) is 13.8. The third kappa shape index (κ3) is 4.00. The lowest BCUT2D eigenvalue weighted by Crippen LogP contribution is -2.16. The highest BCUT2D eigenvalue weighted by molar-refractivity contribution is 5.70. The first-order chi connectivity index (χ1) is 8.30. The molecule has 0 aliphatic carbocycles. The highest BCUT2D eigenvalue weighted by atomic mass is 19.4. The van der Waals surface area contributed by atoms with Gasteiger partial charge in [0.05, 0.1) is 5.56 Å². The first kappa shape index (κ1) is 13.9. The van der Waals surface area contributed by atoms with Gasteiger partial charge in [0.25, 0.3) is 0 Å². The summed E-state index contributed by atoms with van der Waals surface area (Å²) in [6.07, 6.45) is -1.72. The number of hydrogen-bond donors (Lipinski definition) is 3. The molecule has 0 unspecified atom stereocenters. The third-order valence-corrected chi connectivity index (χ3v) is 2.05. The number of nitrogen functional groups attached to an aromatic ring is 1. The summed E-state index contributed by atoms with van der Waals surface area (Å²) >= 11 is 0. The van der Waals surface area contributed by atoms with E-state index < -0.39 is 17.7 Å². The van der Waals surface area contributed by atoms with Gasteiger partial charge in [0.15, 0.2) is 0 Å². The summed E-state index contributed by atoms with van der Waals surface area (Å²) in [6, 6.07) is 2.96. The van der Waals surface area contributed by atoms with Crippen LogP contribution in [0.4, 0.5) is 18.9 Å². The van der Waals surface area contributed by atoms with E-state index in [9.17, 15) is 18.0 Å². The Bertz CT molecular complexity index is 470. The Labute approximate surface area is 101 Å². The molecule has 0 aliphatic heterocycles. The number of nitrogens with one attached hydrogen (secondary N) is 1. The second-order valence-electron chi connectivity index (χ2n) is 3.45. The van der Waals surface area contributed by atoms with Crippen LogP contribution in [-0.4, -0.2) is 17.6 Å². The van der Waals surface area contributed by atoms with Gasteiger partial charge in [0, 0.05) is 5.69 Å². The molecule has 0 saturated carbocycles. The Hall–Kier alpha value is -2.18. The number of hydrogen-bond acceptors (Lipinski definition) is 3. The van der Waals surface area contributed by atoms with Crippen molar-refractivity contribution in [1.29, 1.82) is 0 Å². The van der Waals surface area contributed by atoms with E-state index in [-0.39, 0.29) is 12.2 Å². The zero-order valence-corrected chi connectivity index (χ0v) is 9.16. The summed E-state index contributed by atoms with van der Waals surface area (Å²) in [7, 11) is 0. The van der Waals surface area contributed by atoms with Crippen LogP contribution in [0.25, 0.3) is 6.08 Å². The van der Waals surface area contributed by atoms with E-state index in [1.165, 1.54) is 18.3 Å². The molecule has 0 radical (unpaired) electrons. The molecule has 0 fully saturated rings. The molecular weight excluding hydrogens is 249 g/mol. The van der Waals surface area contributed by atoms with Crippen molar-refractivity contribution in [2.45, 2.75) is 6.18 Å². The van der Waals surface area contributed by atoms with Gasteiger partial charge in [-0.3, -0.25) is 4.79 Å². The molecule has 0 aliphatic rings. The Morgan fingerprint density at radius 3 is 2.61 bits per heavy atom. The predicted molar refractivity (Wildman–Crippen MR) is 60.5 cm³/mol. The van der Waals surface area contributed by atoms with E-state index >= 15 is 0 Å². The van der Waals surface area contributed by atoms with Gasteiger partial charge in [0.2, 0.25) is 0 Å². The second kappa shape index (κ2) is 5.44. The molecule has 1 aromatic carbocycles. The molecule has 18 heavy (non-hydrogen) atoms. The lowest BCUT2D eigenvalue weighted by atomic mass is 10.1. The molecule has 1 aromatic rings. The van der Waals surface area contributed by atoms with E-state index in [1.807, 2.05) is 0 Å². The standard InChI is InChI=1S/C11H11F3N2O2/c12-11(13,14)8-2-1-7(9(15)5-8)3-4-16-6-10(17)18/h1-5,16H,6,15H2,(H,17,18). The maximum absolute atomic E-state index is 12.3. The largest absolute Gasteiger partial charge is 0.480 e. The Morgan fingerprint density at radius 1 is 1.44 bits per heavy atom. The van der Waals surface area contributed by atoms with Gasteiger partial charge < -0.3 is 16.2 Å². The van der Waals surface area contributed by atoms with Gasteiger partial charge >= 0.3 is 12.1 Å². The molecule has 0 aromatic heterocycles. The fourth-order valence-electron chi connectivity index (χ4n) is 1.20. The Morgan fingerprint density at radius 2 is 2.11 bits per heavy atom. The average molecular weight is 260 g/mol. The fourth-order valence-corrected chi connectivity index (χ4v) is 1.20. The summed E-state index contributed by atoms with van der Waals surface area (Å²) in [5.74, 6) is -1.04. The van der Waals surface area contributed by atoms with E-state index in [1.54, 1.807) is 0 Å². The molecule has 0 amide bonds. The molecule has 0 saturated heterocycles. The molecule has 4 N–H and O–H groups in total. The van der Waals surface area contributed by atoms with Crippen LogP contribution in [0, 0.1) is 0 Å². The van der Waals surface area contributed by atoms with E-state index in [4.69, 9.17) is 10.8 Å². The van der Waals surface area contributed by atoms with Crippen LogP contribution in [0.5, 0.6) is 0 Å². The lowest BCUT2D eigenvalue weighted by Gasteiger charge is -2.08. The minimum atomic E-state index is -4.43. The number of halogens is 3. The maximum atomic E-state index is 12.3. The van der Waals surface area contributed by atoms with Crippen LogP contribution < -0.4 is 11.1 Å². The molecular formula is C11H11F3N2O2. The molecule has 4 nitrogen and oxygen atoms in total. The van der Waals surface area contributed by atoms with E-state index in [0.29, 0.717) is 5.56 Å². The highest BCUT2D eigenvalue weighted by Gasteiger charge is 2.30. The van der Waals surface area contributed by atoms with Crippen LogP contribution in [0.3, 0.4) is 0 Å². The quantitative estimate of drug-likeness (QED) is 0.723. The normalized spacial score (nSPS) is 11.7. The second-order valence-corrected chi connectivity index (χ2v) is 3.45. The van der Waals surface area contributed by atoms with Crippen LogP contribution in [0.1, 0.15) is 11.1 Å². The first-order valence-electron chi connectivity index (χ1n) is 4.89. The topological polar surface area (TPSA) is 75.3 Å². The number of nitrogens with two attached hydrogens (primary N) is 1. The van der Waals surface area contributed by atoms with Crippen molar-refractivity contribution in [2.24, 2.45) is 0 Å². The fraction of sp³-hybridized carbons (Fsp3) is 0.182. The molecule has 7 heteroatoms. The number of benzene rings is 1. The van der Waals surface area contributed by atoms with Gasteiger partial charge in [-0.1, -0.05) is 6.07 Å². The number of alkyl halides is 3. The third-order valence-electron chi connectivity index (χ3n) is 2.05. The first-order valence-corrected chi connectivity index (χ1v) is 4.89. The number of carboxylic acids is 1. The molecule has 0 heterocycles. The average Bonchev–Trinajstić information content (AvgIpc) is 2.24. The number of aliphatic carboxylic acids is 1. The van der Waals surface area contributed by atoms with Crippen molar-refractivity contribution < 1.29 is 23.1 Å². The van der Waals surface area contributed by atoms with Crippen molar-refractivity contribution in [1.82, 2.24) is 5.32 Å². The smallest absolute Gasteiger partial charge is 0.416 e. The van der Waals surface area contributed by atoms with Crippen LogP contribution >= 0.6 is 0 Å². The van der Waals surface area contributed by atoms with Gasteiger partial charge in [-0.25, -0.2) is 0 Å². The molecule has 98 valence electrons. The molecule has 0 atom stereocenters. The number of carboxylic acid groups (broad SMARTS) is 1. The van der Waals surface area contributed by atoms with E-state index in [2.05, 4.69) is 5.32 Å². The van der Waals surface area contributed by atoms with Crippen molar-refractivity contribution in [2.75, 3.05) is 12.3 Å². The predicted octanol–water partition coefficient (Wildman–Crippen LogP) is 1.93. The zero-order valence-electron chi connectivity index (χ0n) is 9.16. The Kier molecular flexibility index (Phi) is 4.19. The SMILES string of the molecule is Nc1cc(C(F)(F)F)ccc1C=CNCC(=O)O. The maximum Gasteiger partial charge on any atom is 0.416 e. The molecule has 0 bridgehead atoms. The van der Waals surface area contributed by atoms with Crippen molar-refractivity contribution in [3.63, 3.8) is 0 Å². The molecule has 1 rings (SSSR count). The van der Waals surface area contributed by atoms with Gasteiger partial charge in [-0.05, 0) is 30.0 Å². The van der Waals surface area contributed by atoms with Gasteiger partial charge in [-0.2, -0.15) is 13.2 Å². The summed E-state index contributed by atoms with van der Waals surface area (Å²) in [4.78, 5) is 10.2. The van der Waals surface area contributed by atoms with Crippen molar-refractivity contribution >= 4 is 17.7 Å². The summed E-state index contributed by atoms with van der Waals surface area (Å²) in [6.45, 7) is -0.281. The van der Waals surface area contributed by atoms with Crippen LogP contribution in [0.15, 0.2) is 24.4 Å². The molecule has 0 spiro atoms. The minimum Gasteiger partial charge on any atom is -0.480 e. The lowest BCUT2D eigenvalue weighted by molar-refractivity contribution is -0.137. The number of rotatable bonds is 4. The summed E-state index contributed by atoms with van der Waals surface area (Å²) < 4.78 is 37.0. The van der Waals surface area contributed by atoms with Crippen LogP contribution in [0.2, 0.25) is 0 Å². The summed E-state index contributed by atoms with van der Waals surface area (Å²) in [5, 5.41) is 10.8. The Balaban J connectivity index is 2.77. The van der Waals surface area contributed by atoms with Gasteiger partial charge in [-0.15, -0.1) is 0 Å². The van der Waals surface area contributed by atoms with Crippen LogP contribution in [-0.2, 0) is 11.0 Å². The van der Waals surface area contributed by atoms with E-state index in [0.717, 1.165) is 12.1 Å². The monoisotopic (exact) mass is 260 g/mol. The van der Waals surface area contributed by atoms with Crippen molar-refractivity contribution in [3.8, 4) is 0 Å². The summed E-state index contributed by atoms with van der Waals surface area (Å²) in [5.41, 5.74) is 4.99. The highest BCUT2D eigenvalue weighted by Crippen LogP contribution is 2.31. The number of carbonyl (C=O) groups is 1. The number of anilines is 1.